The molecule has 1 atom stereocenters. The topological polar surface area (TPSA) is 20.2 Å². The molecule has 1 rings (SSSR count). The number of rotatable bonds is 5. The van der Waals surface area contributed by atoms with E-state index in [-0.39, 0.29) is 6.10 Å². The Morgan fingerprint density at radius 3 is 2.73 bits per heavy atom. The van der Waals surface area contributed by atoms with E-state index in [0.29, 0.717) is 31.2 Å². The average molecular weight is 214 g/mol. The number of aliphatic hydroxyl groups is 1. The lowest BCUT2D eigenvalue weighted by Gasteiger charge is -2.07. The van der Waals surface area contributed by atoms with E-state index < -0.39 is 11.6 Å². The van der Waals surface area contributed by atoms with Gasteiger partial charge in [0.25, 0.3) is 0 Å². The van der Waals surface area contributed by atoms with Gasteiger partial charge in [0, 0.05) is 0 Å². The summed E-state index contributed by atoms with van der Waals surface area (Å²) in [5.74, 6) is -1.56. The highest BCUT2D eigenvalue weighted by molar-refractivity contribution is 5.18. The third-order valence-electron chi connectivity index (χ3n) is 2.49. The predicted octanol–water partition coefficient (Wildman–Crippen LogP) is 3.06. The molecule has 84 valence electrons. The second-order valence-electron chi connectivity index (χ2n) is 3.67. The van der Waals surface area contributed by atoms with Crippen molar-refractivity contribution in [3.05, 3.63) is 35.4 Å². The zero-order chi connectivity index (χ0) is 11.3. The van der Waals surface area contributed by atoms with Crippen molar-refractivity contribution in [2.45, 2.75) is 38.7 Å². The van der Waals surface area contributed by atoms with Crippen molar-refractivity contribution < 1.29 is 13.9 Å². The van der Waals surface area contributed by atoms with Crippen LogP contribution in [0.15, 0.2) is 18.2 Å². The van der Waals surface area contributed by atoms with Crippen LogP contribution in [0.25, 0.3) is 0 Å². The monoisotopic (exact) mass is 214 g/mol. The van der Waals surface area contributed by atoms with Crippen molar-refractivity contribution in [1.29, 1.82) is 0 Å². The van der Waals surface area contributed by atoms with Crippen molar-refractivity contribution >= 4 is 0 Å². The molecule has 0 aliphatic carbocycles. The molecule has 0 aromatic heterocycles. The smallest absolute Gasteiger partial charge is 0.162 e. The summed E-state index contributed by atoms with van der Waals surface area (Å²) in [5.41, 5.74) is 0.387. The highest BCUT2D eigenvalue weighted by atomic mass is 19.2. The van der Waals surface area contributed by atoms with Crippen LogP contribution >= 0.6 is 0 Å². The van der Waals surface area contributed by atoms with E-state index >= 15 is 0 Å². The maximum atomic E-state index is 13.2. The number of hydrogen-bond donors (Lipinski definition) is 1. The first-order chi connectivity index (χ1) is 7.15. The third-order valence-corrected chi connectivity index (χ3v) is 2.49. The number of benzene rings is 1. The molecule has 1 unspecified atom stereocenters. The molecule has 0 saturated heterocycles. The Morgan fingerprint density at radius 1 is 1.33 bits per heavy atom. The van der Waals surface area contributed by atoms with Gasteiger partial charge < -0.3 is 5.11 Å². The highest BCUT2D eigenvalue weighted by Gasteiger charge is 2.08. The molecule has 0 amide bonds. The molecule has 3 heteroatoms. The molecule has 0 spiro atoms. The Balaban J connectivity index is 2.47. The summed E-state index contributed by atoms with van der Waals surface area (Å²) >= 11 is 0. The first kappa shape index (κ1) is 12.1. The summed E-state index contributed by atoms with van der Waals surface area (Å²) in [6.45, 7) is 1.90. The van der Waals surface area contributed by atoms with E-state index in [9.17, 15) is 13.9 Å². The van der Waals surface area contributed by atoms with Crippen LogP contribution in [-0.2, 0) is 6.42 Å². The number of aliphatic hydroxyl groups excluding tert-OH is 1. The normalized spacial score (nSPS) is 12.8. The van der Waals surface area contributed by atoms with Crippen LogP contribution in [0, 0.1) is 11.6 Å². The molecule has 15 heavy (non-hydrogen) atoms. The Hall–Kier alpha value is -0.960. The molecular weight excluding hydrogens is 198 g/mol. The largest absolute Gasteiger partial charge is 0.393 e. The summed E-state index contributed by atoms with van der Waals surface area (Å²) in [4.78, 5) is 0. The minimum atomic E-state index is -0.802. The average Bonchev–Trinajstić information content (AvgIpc) is 2.24. The number of hydrogen-bond acceptors (Lipinski definition) is 1. The van der Waals surface area contributed by atoms with Crippen LogP contribution in [-0.4, -0.2) is 11.2 Å². The first-order valence-electron chi connectivity index (χ1n) is 5.26. The van der Waals surface area contributed by atoms with Gasteiger partial charge in [-0.3, -0.25) is 0 Å². The van der Waals surface area contributed by atoms with Gasteiger partial charge >= 0.3 is 0 Å². The fraction of sp³-hybridized carbons (Fsp3) is 0.500. The van der Waals surface area contributed by atoms with E-state index in [4.69, 9.17) is 0 Å². The standard InChI is InChI=1S/C12H16F2O/c1-2-10(15)7-3-5-9-6-4-8-11(13)12(9)14/h4,6,8,10,15H,2-3,5,7H2,1H3. The van der Waals surface area contributed by atoms with E-state index in [0.717, 1.165) is 6.07 Å². The molecule has 0 aliphatic rings. The molecule has 0 bridgehead atoms. The van der Waals surface area contributed by atoms with Crippen LogP contribution in [0.5, 0.6) is 0 Å². The van der Waals surface area contributed by atoms with Crippen LogP contribution in [0.1, 0.15) is 31.7 Å². The van der Waals surface area contributed by atoms with Gasteiger partial charge in [-0.1, -0.05) is 19.1 Å². The fourth-order valence-electron chi connectivity index (χ4n) is 1.47. The third kappa shape index (κ3) is 3.59. The molecule has 0 aliphatic heterocycles. The van der Waals surface area contributed by atoms with Gasteiger partial charge in [-0.25, -0.2) is 8.78 Å². The van der Waals surface area contributed by atoms with Crippen LogP contribution in [0.4, 0.5) is 8.78 Å². The lowest BCUT2D eigenvalue weighted by Crippen LogP contribution is -2.05. The second kappa shape index (κ2) is 5.81. The quantitative estimate of drug-likeness (QED) is 0.798. The van der Waals surface area contributed by atoms with Gasteiger partial charge in [0.1, 0.15) is 0 Å². The molecule has 1 nitrogen and oxygen atoms in total. The zero-order valence-electron chi connectivity index (χ0n) is 8.84. The van der Waals surface area contributed by atoms with Crippen molar-refractivity contribution in [3.63, 3.8) is 0 Å². The van der Waals surface area contributed by atoms with Crippen molar-refractivity contribution in [1.82, 2.24) is 0 Å². The Bertz CT molecular complexity index is 312. The van der Waals surface area contributed by atoms with Crippen molar-refractivity contribution in [2.24, 2.45) is 0 Å². The highest BCUT2D eigenvalue weighted by Crippen LogP contribution is 2.14. The molecule has 0 saturated carbocycles. The second-order valence-corrected chi connectivity index (χ2v) is 3.67. The van der Waals surface area contributed by atoms with Crippen LogP contribution in [0.2, 0.25) is 0 Å². The summed E-state index contributed by atoms with van der Waals surface area (Å²) < 4.78 is 26.0. The predicted molar refractivity (Wildman–Crippen MR) is 55.6 cm³/mol. The van der Waals surface area contributed by atoms with Gasteiger partial charge in [0.05, 0.1) is 6.10 Å². The first-order valence-corrected chi connectivity index (χ1v) is 5.26. The van der Waals surface area contributed by atoms with Gasteiger partial charge in [0.15, 0.2) is 11.6 Å². The van der Waals surface area contributed by atoms with Gasteiger partial charge in [-0.05, 0) is 37.3 Å². The molecule has 0 heterocycles. The minimum Gasteiger partial charge on any atom is -0.393 e. The lowest BCUT2D eigenvalue weighted by atomic mass is 10.0. The molecule has 1 aromatic rings. The van der Waals surface area contributed by atoms with Crippen molar-refractivity contribution in [3.8, 4) is 0 Å². The number of aryl methyl sites for hydroxylation is 1. The molecule has 1 aromatic carbocycles. The minimum absolute atomic E-state index is 0.332. The lowest BCUT2D eigenvalue weighted by molar-refractivity contribution is 0.157. The molecule has 0 fully saturated rings. The van der Waals surface area contributed by atoms with Crippen LogP contribution < -0.4 is 0 Å². The van der Waals surface area contributed by atoms with Crippen LogP contribution in [0.3, 0.4) is 0 Å². The molecule has 0 radical (unpaired) electrons. The van der Waals surface area contributed by atoms with Crippen molar-refractivity contribution in [2.75, 3.05) is 0 Å². The Kier molecular flexibility index (Phi) is 4.69. The fourth-order valence-corrected chi connectivity index (χ4v) is 1.47. The number of halogens is 2. The Labute approximate surface area is 88.7 Å². The van der Waals surface area contributed by atoms with Gasteiger partial charge in [0.2, 0.25) is 0 Å². The summed E-state index contributed by atoms with van der Waals surface area (Å²) in [7, 11) is 0. The molecular formula is C12H16F2O. The van der Waals surface area contributed by atoms with E-state index in [1.165, 1.54) is 6.07 Å². The van der Waals surface area contributed by atoms with Gasteiger partial charge in [-0.15, -0.1) is 0 Å². The van der Waals surface area contributed by atoms with E-state index in [2.05, 4.69) is 0 Å². The maximum absolute atomic E-state index is 13.2. The van der Waals surface area contributed by atoms with E-state index in [1.54, 1.807) is 6.07 Å². The van der Waals surface area contributed by atoms with E-state index in [1.807, 2.05) is 6.92 Å². The summed E-state index contributed by atoms with van der Waals surface area (Å²) in [6, 6.07) is 4.19. The zero-order valence-corrected chi connectivity index (χ0v) is 8.84. The summed E-state index contributed by atoms with van der Waals surface area (Å²) in [5, 5.41) is 9.29. The van der Waals surface area contributed by atoms with Gasteiger partial charge in [-0.2, -0.15) is 0 Å². The summed E-state index contributed by atoms with van der Waals surface area (Å²) in [6.07, 6.45) is 2.15. The SMILES string of the molecule is CCC(O)CCCc1cccc(F)c1F. The molecule has 1 N–H and O–H groups in total. The maximum Gasteiger partial charge on any atom is 0.162 e. The Morgan fingerprint density at radius 2 is 2.07 bits per heavy atom.